The molecule has 3 amide bonds. The molecule has 7 nitrogen and oxygen atoms in total. The summed E-state index contributed by atoms with van der Waals surface area (Å²) in [6.07, 6.45) is 1.11. The minimum atomic E-state index is -0.341. The van der Waals surface area contributed by atoms with Gasteiger partial charge in [0.05, 0.1) is 11.3 Å². The van der Waals surface area contributed by atoms with Crippen molar-refractivity contribution in [3.8, 4) is 5.75 Å². The van der Waals surface area contributed by atoms with E-state index in [1.54, 1.807) is 29.2 Å². The zero-order chi connectivity index (χ0) is 23.3. The van der Waals surface area contributed by atoms with Gasteiger partial charge in [-0.3, -0.25) is 14.4 Å². The lowest BCUT2D eigenvalue weighted by atomic mass is 9.95. The molecule has 0 unspecified atom stereocenters. The first-order valence-corrected chi connectivity index (χ1v) is 11.0. The van der Waals surface area contributed by atoms with Crippen LogP contribution in [0.4, 0.5) is 5.69 Å². The third-order valence-corrected chi connectivity index (χ3v) is 5.85. The number of nitrogens with one attached hydrogen (secondary N) is 1. The quantitative estimate of drug-likeness (QED) is 0.692. The molecule has 32 heavy (non-hydrogen) atoms. The maximum Gasteiger partial charge on any atom is 0.262 e. The van der Waals surface area contributed by atoms with Crippen LogP contribution in [-0.2, 0) is 9.59 Å². The van der Waals surface area contributed by atoms with Crippen LogP contribution in [0.15, 0.2) is 42.5 Å². The largest absolute Gasteiger partial charge is 0.483 e. The summed E-state index contributed by atoms with van der Waals surface area (Å²) < 4.78 is 5.76. The number of hydrogen-bond donors (Lipinski definition) is 2. The summed E-state index contributed by atoms with van der Waals surface area (Å²) in [6, 6.07) is 12.9. The third kappa shape index (κ3) is 5.66. The Hall–Kier alpha value is -3.35. The number of piperidine rings is 1. The number of benzene rings is 2. The van der Waals surface area contributed by atoms with Gasteiger partial charge in [0.25, 0.3) is 11.8 Å². The highest BCUT2D eigenvalue weighted by atomic mass is 16.5. The lowest BCUT2D eigenvalue weighted by Gasteiger charge is -2.31. The number of nitrogens with two attached hydrogens (primary N) is 1. The fraction of sp³-hybridized carbons (Fsp3) is 0.400. The second kappa shape index (κ2) is 10.3. The Morgan fingerprint density at radius 2 is 1.81 bits per heavy atom. The van der Waals surface area contributed by atoms with Crippen molar-refractivity contribution in [2.24, 2.45) is 11.7 Å². The molecule has 0 aromatic heterocycles. The van der Waals surface area contributed by atoms with Gasteiger partial charge >= 0.3 is 0 Å². The SMILES string of the molecule is Cc1ccc(C(C)C)cc1OCC(=O)Nc1ccccc1C(=O)N1CCC(C(N)=O)CC1. The van der Waals surface area contributed by atoms with Crippen LogP contribution in [-0.4, -0.2) is 42.3 Å². The molecule has 3 rings (SSSR count). The first kappa shape index (κ1) is 23.3. The zero-order valence-corrected chi connectivity index (χ0v) is 18.9. The summed E-state index contributed by atoms with van der Waals surface area (Å²) in [4.78, 5) is 38.7. The van der Waals surface area contributed by atoms with Crippen molar-refractivity contribution in [3.63, 3.8) is 0 Å². The van der Waals surface area contributed by atoms with Gasteiger partial charge in [0.15, 0.2) is 6.61 Å². The number of aryl methyl sites for hydroxylation is 1. The van der Waals surface area contributed by atoms with Crippen molar-refractivity contribution in [3.05, 3.63) is 59.2 Å². The van der Waals surface area contributed by atoms with Crippen LogP contribution in [0.3, 0.4) is 0 Å². The van der Waals surface area contributed by atoms with Gasteiger partial charge in [-0.05, 0) is 55.0 Å². The average molecular weight is 438 g/mol. The first-order valence-electron chi connectivity index (χ1n) is 11.0. The van der Waals surface area contributed by atoms with E-state index >= 15 is 0 Å². The molecule has 170 valence electrons. The van der Waals surface area contributed by atoms with Crippen molar-refractivity contribution in [2.45, 2.75) is 39.5 Å². The molecule has 0 spiro atoms. The summed E-state index contributed by atoms with van der Waals surface area (Å²) in [5.41, 5.74) is 8.33. The Morgan fingerprint density at radius 1 is 1.12 bits per heavy atom. The van der Waals surface area contributed by atoms with E-state index in [0.717, 1.165) is 11.1 Å². The number of rotatable bonds is 7. The molecular weight excluding hydrogens is 406 g/mol. The minimum Gasteiger partial charge on any atom is -0.483 e. The molecule has 2 aromatic rings. The normalized spacial score (nSPS) is 14.3. The lowest BCUT2D eigenvalue weighted by molar-refractivity contribution is -0.123. The van der Waals surface area contributed by atoms with Crippen molar-refractivity contribution in [1.29, 1.82) is 0 Å². The Balaban J connectivity index is 1.64. The van der Waals surface area contributed by atoms with Crippen LogP contribution in [0.25, 0.3) is 0 Å². The van der Waals surface area contributed by atoms with Crippen molar-refractivity contribution in [2.75, 3.05) is 25.0 Å². The average Bonchev–Trinajstić information content (AvgIpc) is 2.78. The molecule has 2 aromatic carbocycles. The second-order valence-corrected chi connectivity index (χ2v) is 8.53. The molecule has 1 aliphatic heterocycles. The Kier molecular flexibility index (Phi) is 7.51. The second-order valence-electron chi connectivity index (χ2n) is 8.53. The number of carbonyl (C=O) groups excluding carboxylic acids is 3. The predicted octanol–water partition coefficient (Wildman–Crippen LogP) is 3.47. The number of likely N-dealkylation sites (tertiary alicyclic amines) is 1. The molecule has 1 fully saturated rings. The van der Waals surface area contributed by atoms with E-state index in [9.17, 15) is 14.4 Å². The van der Waals surface area contributed by atoms with Gasteiger partial charge in [0, 0.05) is 19.0 Å². The summed E-state index contributed by atoms with van der Waals surface area (Å²) in [6.45, 7) is 6.91. The maximum absolute atomic E-state index is 13.0. The highest BCUT2D eigenvalue weighted by Gasteiger charge is 2.27. The van der Waals surface area contributed by atoms with Gasteiger partial charge in [-0.15, -0.1) is 0 Å². The lowest BCUT2D eigenvalue weighted by Crippen LogP contribution is -2.42. The summed E-state index contributed by atoms with van der Waals surface area (Å²) >= 11 is 0. The molecule has 3 N–H and O–H groups in total. The van der Waals surface area contributed by atoms with E-state index in [0.29, 0.717) is 48.8 Å². The van der Waals surface area contributed by atoms with Gasteiger partial charge in [-0.25, -0.2) is 0 Å². The number of nitrogens with zero attached hydrogens (tertiary/aromatic N) is 1. The van der Waals surface area contributed by atoms with Crippen LogP contribution in [0.2, 0.25) is 0 Å². The van der Waals surface area contributed by atoms with Crippen LogP contribution in [0.5, 0.6) is 5.75 Å². The number of carbonyl (C=O) groups is 3. The number of hydrogen-bond acceptors (Lipinski definition) is 4. The molecule has 0 atom stereocenters. The third-order valence-electron chi connectivity index (χ3n) is 5.85. The molecule has 1 aliphatic rings. The van der Waals surface area contributed by atoms with Crippen molar-refractivity contribution in [1.82, 2.24) is 4.90 Å². The zero-order valence-electron chi connectivity index (χ0n) is 18.9. The van der Waals surface area contributed by atoms with E-state index in [4.69, 9.17) is 10.5 Å². The number of para-hydroxylation sites is 1. The Morgan fingerprint density at radius 3 is 2.47 bits per heavy atom. The standard InChI is InChI=1S/C25H31N3O4/c1-16(2)19-9-8-17(3)22(14-19)32-15-23(29)27-21-7-5-4-6-20(21)25(31)28-12-10-18(11-13-28)24(26)30/h4-9,14,16,18H,10-13,15H2,1-3H3,(H2,26,30)(H,27,29). The molecular formula is C25H31N3O4. The van der Waals surface area contributed by atoms with Crippen molar-refractivity contribution >= 4 is 23.4 Å². The fourth-order valence-corrected chi connectivity index (χ4v) is 3.78. The summed E-state index contributed by atoms with van der Waals surface area (Å²) in [5, 5.41) is 2.80. The first-order chi connectivity index (χ1) is 15.3. The van der Waals surface area contributed by atoms with E-state index in [1.165, 1.54) is 0 Å². The molecule has 1 saturated heterocycles. The number of ether oxygens (including phenoxy) is 1. The minimum absolute atomic E-state index is 0.158. The molecule has 0 aliphatic carbocycles. The molecule has 1 heterocycles. The fourth-order valence-electron chi connectivity index (χ4n) is 3.78. The van der Waals surface area contributed by atoms with E-state index < -0.39 is 0 Å². The highest BCUT2D eigenvalue weighted by molar-refractivity contribution is 6.04. The maximum atomic E-state index is 13.0. The topological polar surface area (TPSA) is 102 Å². The highest BCUT2D eigenvalue weighted by Crippen LogP contribution is 2.25. The molecule has 0 saturated carbocycles. The van der Waals surface area contributed by atoms with E-state index in [1.807, 2.05) is 19.1 Å². The van der Waals surface area contributed by atoms with Gasteiger partial charge in [0.2, 0.25) is 5.91 Å². The van der Waals surface area contributed by atoms with Crippen LogP contribution in [0, 0.1) is 12.8 Å². The van der Waals surface area contributed by atoms with Gasteiger partial charge < -0.3 is 20.7 Å². The molecule has 0 bridgehead atoms. The molecule has 0 radical (unpaired) electrons. The van der Waals surface area contributed by atoms with E-state index in [2.05, 4.69) is 25.2 Å². The summed E-state index contributed by atoms with van der Waals surface area (Å²) in [7, 11) is 0. The number of primary amides is 1. The molecule has 7 heteroatoms. The van der Waals surface area contributed by atoms with Crippen LogP contribution in [0.1, 0.15) is 54.1 Å². The smallest absolute Gasteiger partial charge is 0.262 e. The summed E-state index contributed by atoms with van der Waals surface area (Å²) in [5.74, 6) is 0.00530. The van der Waals surface area contributed by atoms with Crippen LogP contribution < -0.4 is 15.8 Å². The monoisotopic (exact) mass is 437 g/mol. The van der Waals surface area contributed by atoms with Gasteiger partial charge in [0.1, 0.15) is 5.75 Å². The van der Waals surface area contributed by atoms with Crippen LogP contribution >= 0.6 is 0 Å². The Bertz CT molecular complexity index is 994. The van der Waals surface area contributed by atoms with Crippen molar-refractivity contribution < 1.29 is 19.1 Å². The van der Waals surface area contributed by atoms with E-state index in [-0.39, 0.29) is 30.2 Å². The predicted molar refractivity (Wildman–Crippen MR) is 124 cm³/mol. The van der Waals surface area contributed by atoms with Gasteiger partial charge in [-0.2, -0.15) is 0 Å². The number of amides is 3. The number of anilines is 1. The van der Waals surface area contributed by atoms with Gasteiger partial charge in [-0.1, -0.05) is 38.1 Å². The Labute approximate surface area is 188 Å².